The summed E-state index contributed by atoms with van der Waals surface area (Å²) in [6.07, 6.45) is 0. The van der Waals surface area contributed by atoms with Crippen molar-refractivity contribution in [3.8, 4) is 0 Å². The zero-order valence-electron chi connectivity index (χ0n) is 11.0. The van der Waals surface area contributed by atoms with E-state index in [1.54, 1.807) is 0 Å². The first-order valence-electron chi connectivity index (χ1n) is 5.94. The number of nitrogens with zero attached hydrogens (tertiary/aromatic N) is 1. The number of aromatic amines is 1. The van der Waals surface area contributed by atoms with Crippen LogP contribution in [0.25, 0.3) is 10.9 Å². The molecule has 1 aromatic heterocycles. The van der Waals surface area contributed by atoms with Crippen molar-refractivity contribution in [1.82, 2.24) is 9.55 Å². The van der Waals surface area contributed by atoms with Crippen LogP contribution < -0.4 is 11.2 Å². The average molecular weight is 298 g/mol. The molecule has 0 fully saturated rings. The van der Waals surface area contributed by atoms with Gasteiger partial charge in [-0.3, -0.25) is 18.9 Å². The molecule has 0 atom stereocenters. The number of benzene rings is 1. The summed E-state index contributed by atoms with van der Waals surface area (Å²) in [7, 11) is -4.40. The van der Waals surface area contributed by atoms with Gasteiger partial charge in [-0.1, -0.05) is 13.8 Å². The Morgan fingerprint density at radius 1 is 1.30 bits per heavy atom. The normalized spacial score (nSPS) is 12.2. The molecular formula is C12H14N2O5S. The predicted octanol–water partition coefficient (Wildman–Crippen LogP) is 0.592. The van der Waals surface area contributed by atoms with Gasteiger partial charge in [-0.05, 0) is 24.1 Å². The second kappa shape index (κ2) is 4.88. The highest BCUT2D eigenvalue weighted by Crippen LogP contribution is 2.15. The van der Waals surface area contributed by atoms with Gasteiger partial charge in [0, 0.05) is 6.54 Å². The molecule has 0 aliphatic rings. The van der Waals surface area contributed by atoms with Gasteiger partial charge in [-0.15, -0.1) is 0 Å². The highest BCUT2D eigenvalue weighted by atomic mass is 32.2. The zero-order valence-corrected chi connectivity index (χ0v) is 11.8. The summed E-state index contributed by atoms with van der Waals surface area (Å²) in [5, 5.41) is 0.0420. The van der Waals surface area contributed by atoms with E-state index in [1.165, 1.54) is 10.6 Å². The number of rotatable bonds is 3. The molecule has 0 saturated carbocycles. The second-order valence-corrected chi connectivity index (χ2v) is 6.34. The van der Waals surface area contributed by atoms with Crippen LogP contribution in [-0.2, 0) is 16.7 Å². The highest BCUT2D eigenvalue weighted by molar-refractivity contribution is 7.85. The molecule has 1 aromatic carbocycles. The van der Waals surface area contributed by atoms with Gasteiger partial charge in [-0.25, -0.2) is 4.79 Å². The van der Waals surface area contributed by atoms with Crippen molar-refractivity contribution in [2.75, 3.05) is 0 Å². The van der Waals surface area contributed by atoms with E-state index in [4.69, 9.17) is 4.55 Å². The number of hydrogen-bond donors (Lipinski definition) is 2. The molecule has 2 aromatic rings. The lowest BCUT2D eigenvalue weighted by Crippen LogP contribution is -2.31. The molecule has 20 heavy (non-hydrogen) atoms. The van der Waals surface area contributed by atoms with Crippen LogP contribution in [0.1, 0.15) is 13.8 Å². The summed E-state index contributed by atoms with van der Waals surface area (Å²) >= 11 is 0. The van der Waals surface area contributed by atoms with E-state index in [0.29, 0.717) is 12.1 Å². The molecule has 0 spiro atoms. The van der Waals surface area contributed by atoms with Crippen molar-refractivity contribution in [1.29, 1.82) is 0 Å². The van der Waals surface area contributed by atoms with Crippen molar-refractivity contribution >= 4 is 21.0 Å². The lowest BCUT2D eigenvalue weighted by atomic mass is 10.2. The number of hydrogen-bond acceptors (Lipinski definition) is 4. The van der Waals surface area contributed by atoms with Crippen LogP contribution in [-0.4, -0.2) is 22.5 Å². The van der Waals surface area contributed by atoms with Crippen LogP contribution in [0.15, 0.2) is 32.7 Å². The van der Waals surface area contributed by atoms with Crippen LogP contribution >= 0.6 is 0 Å². The predicted molar refractivity (Wildman–Crippen MR) is 73.5 cm³/mol. The average Bonchev–Trinajstić information content (AvgIpc) is 2.32. The minimum absolute atomic E-state index is 0.0420. The third-order valence-electron chi connectivity index (χ3n) is 2.81. The molecule has 0 unspecified atom stereocenters. The van der Waals surface area contributed by atoms with Crippen LogP contribution in [0.3, 0.4) is 0 Å². The molecule has 0 saturated heterocycles. The second-order valence-electron chi connectivity index (χ2n) is 4.92. The molecule has 1 heterocycles. The monoisotopic (exact) mass is 298 g/mol. The Morgan fingerprint density at radius 2 is 1.95 bits per heavy atom. The van der Waals surface area contributed by atoms with Gasteiger partial charge < -0.3 is 0 Å². The minimum Gasteiger partial charge on any atom is -0.293 e. The van der Waals surface area contributed by atoms with Gasteiger partial charge in [0.1, 0.15) is 0 Å². The Hall–Kier alpha value is -1.93. The lowest BCUT2D eigenvalue weighted by molar-refractivity contribution is 0.483. The van der Waals surface area contributed by atoms with E-state index in [-0.39, 0.29) is 16.2 Å². The summed E-state index contributed by atoms with van der Waals surface area (Å²) in [6.45, 7) is 4.21. The van der Waals surface area contributed by atoms with Crippen molar-refractivity contribution in [3.63, 3.8) is 0 Å². The quantitative estimate of drug-likeness (QED) is 0.806. The van der Waals surface area contributed by atoms with Gasteiger partial charge >= 0.3 is 5.69 Å². The van der Waals surface area contributed by atoms with Crippen LogP contribution in [0.5, 0.6) is 0 Å². The molecular weight excluding hydrogens is 284 g/mol. The van der Waals surface area contributed by atoms with Crippen molar-refractivity contribution in [2.45, 2.75) is 25.3 Å². The lowest BCUT2D eigenvalue weighted by Gasteiger charge is -2.12. The minimum atomic E-state index is -4.40. The van der Waals surface area contributed by atoms with E-state index in [2.05, 4.69) is 4.98 Å². The third kappa shape index (κ3) is 2.66. The fourth-order valence-corrected chi connectivity index (χ4v) is 2.49. The number of nitrogens with one attached hydrogen (secondary N) is 1. The Labute approximate surface area is 114 Å². The van der Waals surface area contributed by atoms with Crippen molar-refractivity contribution < 1.29 is 13.0 Å². The Morgan fingerprint density at radius 3 is 2.50 bits per heavy atom. The fourth-order valence-electron chi connectivity index (χ4n) is 1.98. The number of aromatic nitrogens is 2. The summed E-state index contributed by atoms with van der Waals surface area (Å²) in [6, 6.07) is 3.56. The molecule has 0 aliphatic carbocycles. The maximum atomic E-state index is 11.8. The maximum Gasteiger partial charge on any atom is 0.328 e. The first-order chi connectivity index (χ1) is 9.20. The van der Waals surface area contributed by atoms with E-state index >= 15 is 0 Å². The smallest absolute Gasteiger partial charge is 0.293 e. The summed E-state index contributed by atoms with van der Waals surface area (Å²) in [5.41, 5.74) is -0.897. The molecule has 0 bridgehead atoms. The zero-order chi connectivity index (χ0) is 15.1. The summed E-state index contributed by atoms with van der Waals surface area (Å²) in [5.74, 6) is 0.169. The first kappa shape index (κ1) is 14.5. The largest absolute Gasteiger partial charge is 0.328 e. The third-order valence-corrected chi connectivity index (χ3v) is 3.66. The molecule has 2 rings (SSSR count). The van der Waals surface area contributed by atoms with Gasteiger partial charge in [0.05, 0.1) is 15.8 Å². The van der Waals surface area contributed by atoms with Crippen molar-refractivity contribution in [2.24, 2.45) is 5.92 Å². The van der Waals surface area contributed by atoms with E-state index in [9.17, 15) is 18.0 Å². The topological polar surface area (TPSA) is 109 Å². The van der Waals surface area contributed by atoms with Crippen LogP contribution in [0, 0.1) is 5.92 Å². The van der Waals surface area contributed by atoms with Crippen LogP contribution in [0.2, 0.25) is 0 Å². The highest BCUT2D eigenvalue weighted by Gasteiger charge is 2.14. The van der Waals surface area contributed by atoms with Crippen molar-refractivity contribution in [3.05, 3.63) is 39.0 Å². The molecule has 0 radical (unpaired) electrons. The van der Waals surface area contributed by atoms with Gasteiger partial charge in [0.2, 0.25) is 0 Å². The summed E-state index contributed by atoms with van der Waals surface area (Å²) < 4.78 is 32.6. The maximum absolute atomic E-state index is 11.8. The first-order valence-corrected chi connectivity index (χ1v) is 7.38. The molecule has 0 amide bonds. The molecule has 0 aliphatic heterocycles. The Bertz CT molecular complexity index is 877. The Balaban J connectivity index is 2.85. The van der Waals surface area contributed by atoms with Gasteiger partial charge in [0.15, 0.2) is 0 Å². The van der Waals surface area contributed by atoms with Gasteiger partial charge in [0.25, 0.3) is 15.7 Å². The number of H-pyrrole nitrogens is 1. The van der Waals surface area contributed by atoms with E-state index in [0.717, 1.165) is 12.1 Å². The van der Waals surface area contributed by atoms with E-state index in [1.807, 2.05) is 13.8 Å². The number of fused-ring (bicyclic) bond motifs is 1. The van der Waals surface area contributed by atoms with E-state index < -0.39 is 21.4 Å². The van der Waals surface area contributed by atoms with Gasteiger partial charge in [-0.2, -0.15) is 8.42 Å². The Kier molecular flexibility index (Phi) is 3.53. The standard InChI is InChI=1S/C12H14N2O5S/c1-7(2)6-14-10-4-3-8(20(17,18)19)5-9(10)11(15)13-12(14)16/h3-5,7H,6H2,1-2H3,(H,13,15,16)(H,17,18,19). The molecule has 7 nitrogen and oxygen atoms in total. The molecule has 8 heteroatoms. The fraction of sp³-hybridized carbons (Fsp3) is 0.333. The summed E-state index contributed by atoms with van der Waals surface area (Å²) in [4.78, 5) is 25.3. The SMILES string of the molecule is CC(C)Cn1c(=O)[nH]c(=O)c2cc(S(=O)(=O)O)ccc21. The molecule has 108 valence electrons. The van der Waals surface area contributed by atoms with Crippen LogP contribution in [0.4, 0.5) is 0 Å². The molecule has 2 N–H and O–H groups in total.